The van der Waals surface area contributed by atoms with Gasteiger partial charge in [-0.25, -0.2) is 0 Å². The second kappa shape index (κ2) is 8.20. The van der Waals surface area contributed by atoms with E-state index in [4.69, 9.17) is 5.73 Å². The van der Waals surface area contributed by atoms with Crippen molar-refractivity contribution >= 4 is 22.6 Å². The summed E-state index contributed by atoms with van der Waals surface area (Å²) >= 11 is 0. The van der Waals surface area contributed by atoms with Gasteiger partial charge in [0, 0.05) is 49.2 Å². The van der Waals surface area contributed by atoms with Gasteiger partial charge in [0.2, 0.25) is 0 Å². The molecule has 25 heavy (non-hydrogen) atoms. The SMILES string of the molecule is NCCNCCNCCCN1C(=O)c2cccc3cccc(c23)C1=O. The van der Waals surface area contributed by atoms with E-state index in [2.05, 4.69) is 10.6 Å². The number of nitrogens with zero attached hydrogens (tertiary/aromatic N) is 1. The van der Waals surface area contributed by atoms with Gasteiger partial charge in [-0.3, -0.25) is 14.5 Å². The number of imide groups is 1. The average Bonchev–Trinajstić information content (AvgIpc) is 2.64. The lowest BCUT2D eigenvalue weighted by molar-refractivity contribution is 0.0609. The van der Waals surface area contributed by atoms with Crippen LogP contribution in [0.5, 0.6) is 0 Å². The third-order valence-corrected chi connectivity index (χ3v) is 4.39. The van der Waals surface area contributed by atoms with E-state index < -0.39 is 0 Å². The monoisotopic (exact) mass is 340 g/mol. The number of carbonyl (C=O) groups excluding carboxylic acids is 2. The van der Waals surface area contributed by atoms with E-state index in [1.165, 1.54) is 4.90 Å². The van der Waals surface area contributed by atoms with Gasteiger partial charge in [-0.15, -0.1) is 0 Å². The Morgan fingerprint density at radius 3 is 2.04 bits per heavy atom. The first-order valence-corrected chi connectivity index (χ1v) is 8.73. The minimum Gasteiger partial charge on any atom is -0.329 e. The Morgan fingerprint density at radius 1 is 0.840 bits per heavy atom. The Labute approximate surface area is 147 Å². The van der Waals surface area contributed by atoms with Gasteiger partial charge in [-0.2, -0.15) is 0 Å². The fourth-order valence-electron chi connectivity index (χ4n) is 3.17. The molecule has 0 bridgehead atoms. The Bertz CT molecular complexity index is 724. The van der Waals surface area contributed by atoms with E-state index >= 15 is 0 Å². The minimum absolute atomic E-state index is 0.195. The highest BCUT2D eigenvalue weighted by molar-refractivity contribution is 6.25. The maximum Gasteiger partial charge on any atom is 0.261 e. The van der Waals surface area contributed by atoms with Crippen molar-refractivity contribution in [3.8, 4) is 0 Å². The van der Waals surface area contributed by atoms with Gasteiger partial charge in [-0.05, 0) is 30.5 Å². The number of benzene rings is 2. The van der Waals surface area contributed by atoms with Crippen LogP contribution in [-0.4, -0.2) is 56.0 Å². The highest BCUT2D eigenvalue weighted by atomic mass is 16.2. The molecule has 4 N–H and O–H groups in total. The van der Waals surface area contributed by atoms with Gasteiger partial charge in [0.05, 0.1) is 0 Å². The lowest BCUT2D eigenvalue weighted by Crippen LogP contribution is -2.41. The molecule has 1 aliphatic heterocycles. The number of nitrogens with two attached hydrogens (primary N) is 1. The van der Waals surface area contributed by atoms with Gasteiger partial charge < -0.3 is 16.4 Å². The molecule has 3 rings (SSSR count). The molecular weight excluding hydrogens is 316 g/mol. The maximum atomic E-state index is 12.7. The fraction of sp³-hybridized carbons (Fsp3) is 0.368. The summed E-state index contributed by atoms with van der Waals surface area (Å²) in [5, 5.41) is 8.22. The van der Waals surface area contributed by atoms with Crippen LogP contribution < -0.4 is 16.4 Å². The molecule has 0 unspecified atom stereocenters. The van der Waals surface area contributed by atoms with E-state index in [0.717, 1.165) is 43.4 Å². The molecule has 0 spiro atoms. The topological polar surface area (TPSA) is 87.5 Å². The van der Waals surface area contributed by atoms with Crippen LogP contribution in [-0.2, 0) is 0 Å². The number of hydrogen-bond donors (Lipinski definition) is 3. The standard InChI is InChI=1S/C19H24N4O2/c20-8-10-22-12-11-21-9-3-13-23-18(24)15-6-1-4-14-5-2-7-16(17(14)15)19(23)25/h1-2,4-7,21-22H,3,8-13,20H2. The van der Waals surface area contributed by atoms with Crippen molar-refractivity contribution in [3.05, 3.63) is 47.5 Å². The van der Waals surface area contributed by atoms with Gasteiger partial charge in [0.1, 0.15) is 0 Å². The van der Waals surface area contributed by atoms with Crippen molar-refractivity contribution < 1.29 is 9.59 Å². The summed E-state index contributed by atoms with van der Waals surface area (Å²) in [6.07, 6.45) is 0.729. The quantitative estimate of drug-likeness (QED) is 0.468. The Kier molecular flexibility index (Phi) is 5.75. The molecule has 0 radical (unpaired) electrons. The molecule has 0 aromatic heterocycles. The molecule has 0 saturated heterocycles. The van der Waals surface area contributed by atoms with Crippen LogP contribution in [0.1, 0.15) is 27.1 Å². The van der Waals surface area contributed by atoms with Crippen molar-refractivity contribution in [2.24, 2.45) is 5.73 Å². The summed E-state index contributed by atoms with van der Waals surface area (Å²) in [5.74, 6) is -0.391. The summed E-state index contributed by atoms with van der Waals surface area (Å²) < 4.78 is 0. The van der Waals surface area contributed by atoms with E-state index in [9.17, 15) is 9.59 Å². The molecule has 0 saturated carbocycles. The predicted octanol–water partition coefficient (Wildman–Crippen LogP) is 0.964. The number of rotatable bonds is 9. The Morgan fingerprint density at radius 2 is 1.44 bits per heavy atom. The molecule has 1 heterocycles. The first-order chi connectivity index (χ1) is 12.2. The molecule has 0 fully saturated rings. The molecule has 6 nitrogen and oxygen atoms in total. The summed E-state index contributed by atoms with van der Waals surface area (Å²) in [6.45, 7) is 4.31. The highest BCUT2D eigenvalue weighted by Crippen LogP contribution is 2.29. The zero-order valence-electron chi connectivity index (χ0n) is 14.3. The Hall–Kier alpha value is -2.28. The van der Waals surface area contributed by atoms with Gasteiger partial charge >= 0.3 is 0 Å². The van der Waals surface area contributed by atoms with Gasteiger partial charge in [-0.1, -0.05) is 24.3 Å². The maximum absolute atomic E-state index is 12.7. The van der Waals surface area contributed by atoms with Crippen LogP contribution in [0, 0.1) is 0 Å². The smallest absolute Gasteiger partial charge is 0.261 e. The summed E-state index contributed by atoms with van der Waals surface area (Å²) in [7, 11) is 0. The number of nitrogens with one attached hydrogen (secondary N) is 2. The van der Waals surface area contributed by atoms with Crippen molar-refractivity contribution in [1.29, 1.82) is 0 Å². The van der Waals surface area contributed by atoms with Gasteiger partial charge in [0.25, 0.3) is 11.8 Å². The van der Waals surface area contributed by atoms with E-state index in [1.807, 2.05) is 24.3 Å². The first-order valence-electron chi connectivity index (χ1n) is 8.73. The van der Waals surface area contributed by atoms with Crippen LogP contribution in [0.4, 0.5) is 0 Å². The van der Waals surface area contributed by atoms with E-state index in [1.54, 1.807) is 12.1 Å². The molecule has 1 aliphatic rings. The predicted molar refractivity (Wildman–Crippen MR) is 98.7 cm³/mol. The lowest BCUT2D eigenvalue weighted by Gasteiger charge is -2.27. The van der Waals surface area contributed by atoms with Crippen LogP contribution >= 0.6 is 0 Å². The molecule has 6 heteroatoms. The normalized spacial score (nSPS) is 13.7. The molecule has 2 amide bonds. The molecule has 0 atom stereocenters. The second-order valence-electron chi connectivity index (χ2n) is 6.11. The van der Waals surface area contributed by atoms with Crippen LogP contribution in [0.3, 0.4) is 0 Å². The summed E-state index contributed by atoms with van der Waals surface area (Å²) in [6, 6.07) is 11.2. The second-order valence-corrected chi connectivity index (χ2v) is 6.11. The molecule has 2 aromatic carbocycles. The van der Waals surface area contributed by atoms with Crippen molar-refractivity contribution in [2.75, 3.05) is 39.3 Å². The average molecular weight is 340 g/mol. The lowest BCUT2D eigenvalue weighted by atomic mass is 9.94. The minimum atomic E-state index is -0.195. The Balaban J connectivity index is 1.59. The third-order valence-electron chi connectivity index (χ3n) is 4.39. The van der Waals surface area contributed by atoms with Crippen LogP contribution in [0.2, 0.25) is 0 Å². The van der Waals surface area contributed by atoms with Crippen LogP contribution in [0.25, 0.3) is 10.8 Å². The van der Waals surface area contributed by atoms with Crippen molar-refractivity contribution in [1.82, 2.24) is 15.5 Å². The summed E-state index contributed by atoms with van der Waals surface area (Å²) in [4.78, 5) is 26.8. The molecule has 132 valence electrons. The van der Waals surface area contributed by atoms with Gasteiger partial charge in [0.15, 0.2) is 0 Å². The van der Waals surface area contributed by atoms with Crippen LogP contribution in [0.15, 0.2) is 36.4 Å². The van der Waals surface area contributed by atoms with E-state index in [0.29, 0.717) is 24.2 Å². The van der Waals surface area contributed by atoms with Crippen molar-refractivity contribution in [2.45, 2.75) is 6.42 Å². The molecule has 2 aromatic rings. The largest absolute Gasteiger partial charge is 0.329 e. The number of amides is 2. The first kappa shape index (κ1) is 17.5. The van der Waals surface area contributed by atoms with Crippen molar-refractivity contribution in [3.63, 3.8) is 0 Å². The number of carbonyl (C=O) groups is 2. The highest BCUT2D eigenvalue weighted by Gasteiger charge is 2.31. The zero-order chi connectivity index (χ0) is 17.6. The number of hydrogen-bond acceptors (Lipinski definition) is 5. The molecular formula is C19H24N4O2. The molecule has 0 aliphatic carbocycles. The fourth-order valence-corrected chi connectivity index (χ4v) is 3.17. The zero-order valence-corrected chi connectivity index (χ0v) is 14.3. The van der Waals surface area contributed by atoms with E-state index in [-0.39, 0.29) is 11.8 Å². The third kappa shape index (κ3) is 3.71. The summed E-state index contributed by atoms with van der Waals surface area (Å²) in [5.41, 5.74) is 6.64.